The summed E-state index contributed by atoms with van der Waals surface area (Å²) in [5, 5.41) is 10.5. The second kappa shape index (κ2) is 11.7. The molecule has 2 unspecified atom stereocenters. The molecule has 1 aromatic carbocycles. The van der Waals surface area contributed by atoms with Gasteiger partial charge in [-0.2, -0.15) is 0 Å². The summed E-state index contributed by atoms with van der Waals surface area (Å²) in [6.07, 6.45) is 4.86. The number of aliphatic hydroxyl groups is 1. The zero-order chi connectivity index (χ0) is 29.4. The fourth-order valence-electron chi connectivity index (χ4n) is 7.24. The quantitative estimate of drug-likeness (QED) is 0.385. The lowest BCUT2D eigenvalue weighted by Gasteiger charge is -2.41. The molecule has 0 aliphatic carbocycles. The first-order valence-electron chi connectivity index (χ1n) is 14.5. The Kier molecular flexibility index (Phi) is 8.91. The van der Waals surface area contributed by atoms with Gasteiger partial charge in [0, 0.05) is 30.4 Å². The fraction of sp³-hybridized carbons (Fsp3) is 0.594. The van der Waals surface area contributed by atoms with E-state index in [1.54, 1.807) is 38.6 Å². The minimum Gasteiger partial charge on any atom is -0.394 e. The average molecular weight is 568 g/mol. The van der Waals surface area contributed by atoms with Crippen LogP contribution in [-0.2, 0) is 20.9 Å². The SMILES string of the molecule is C=CCN(Cc1ccccc1)C(=O)[C@H]1[C@H]2C(=O)N([C@@H](CO)C(C)C)C(C(=O)N(CC=C)C(C)C)C23CC[C@]1(C)S3. The number of nitrogens with zero attached hydrogens (tertiary/aromatic N) is 3. The summed E-state index contributed by atoms with van der Waals surface area (Å²) >= 11 is 1.67. The van der Waals surface area contributed by atoms with Crippen LogP contribution in [0.5, 0.6) is 0 Å². The maximum Gasteiger partial charge on any atom is 0.247 e. The van der Waals surface area contributed by atoms with Crippen LogP contribution in [0.25, 0.3) is 0 Å². The number of likely N-dealkylation sites (tertiary alicyclic amines) is 1. The van der Waals surface area contributed by atoms with Gasteiger partial charge in [0.1, 0.15) is 6.04 Å². The summed E-state index contributed by atoms with van der Waals surface area (Å²) in [5.41, 5.74) is 1.01. The van der Waals surface area contributed by atoms with Gasteiger partial charge < -0.3 is 19.8 Å². The van der Waals surface area contributed by atoms with Crippen LogP contribution in [0.2, 0.25) is 0 Å². The second-order valence-electron chi connectivity index (χ2n) is 12.3. The molecule has 40 heavy (non-hydrogen) atoms. The maximum absolute atomic E-state index is 14.6. The zero-order valence-electron chi connectivity index (χ0n) is 24.6. The molecule has 0 radical (unpaired) electrons. The molecule has 3 amide bonds. The van der Waals surface area contributed by atoms with Gasteiger partial charge in [-0.25, -0.2) is 0 Å². The molecule has 218 valence electrons. The number of thioether (sulfide) groups is 1. The van der Waals surface area contributed by atoms with Crippen molar-refractivity contribution in [3.63, 3.8) is 0 Å². The molecule has 1 spiro atoms. The Morgan fingerprint density at radius 2 is 1.75 bits per heavy atom. The van der Waals surface area contributed by atoms with Crippen LogP contribution in [0.4, 0.5) is 0 Å². The van der Waals surface area contributed by atoms with Crippen molar-refractivity contribution in [2.24, 2.45) is 17.8 Å². The molecule has 3 heterocycles. The van der Waals surface area contributed by atoms with Crippen molar-refractivity contribution in [1.29, 1.82) is 0 Å². The van der Waals surface area contributed by atoms with Crippen molar-refractivity contribution in [2.75, 3.05) is 19.7 Å². The van der Waals surface area contributed by atoms with E-state index >= 15 is 0 Å². The molecule has 1 N–H and O–H groups in total. The number of benzene rings is 1. The standard InChI is InChI=1S/C32H45N3O4S/c1-8-17-33(19-23-13-11-10-12-14-23)28(37)25-26-29(38)35(24(20-36)21(3)4)27(30(39)34(18-9-2)22(5)6)32(26)16-15-31(25,7)40-32/h8-14,21-22,24-27,36H,1-2,15-20H2,3-7H3/t24-,25+,26-,27?,31-,32?/m0/s1. The normalized spacial score (nSPS) is 29.6. The molecule has 3 saturated heterocycles. The van der Waals surface area contributed by atoms with Gasteiger partial charge in [0.15, 0.2) is 0 Å². The van der Waals surface area contributed by atoms with E-state index in [0.29, 0.717) is 26.1 Å². The molecule has 2 bridgehead atoms. The Balaban J connectivity index is 1.81. The van der Waals surface area contributed by atoms with Gasteiger partial charge in [0.2, 0.25) is 17.7 Å². The highest BCUT2D eigenvalue weighted by molar-refractivity contribution is 8.02. The molecule has 0 saturated carbocycles. The predicted octanol–water partition coefficient (Wildman–Crippen LogP) is 4.12. The van der Waals surface area contributed by atoms with E-state index in [0.717, 1.165) is 12.0 Å². The molecule has 0 aromatic heterocycles. The van der Waals surface area contributed by atoms with E-state index in [2.05, 4.69) is 20.1 Å². The van der Waals surface area contributed by atoms with Gasteiger partial charge in [0.25, 0.3) is 0 Å². The molecule has 7 nitrogen and oxygen atoms in total. The van der Waals surface area contributed by atoms with Crippen LogP contribution in [0.3, 0.4) is 0 Å². The molecule has 3 fully saturated rings. The third-order valence-corrected chi connectivity index (χ3v) is 11.1. The topological polar surface area (TPSA) is 81.2 Å². The van der Waals surface area contributed by atoms with Crippen molar-refractivity contribution in [1.82, 2.24) is 14.7 Å². The third-order valence-electron chi connectivity index (χ3n) is 9.14. The summed E-state index contributed by atoms with van der Waals surface area (Å²) in [4.78, 5) is 48.7. The molecule has 8 heteroatoms. The van der Waals surface area contributed by atoms with Crippen molar-refractivity contribution in [2.45, 2.75) is 81.6 Å². The second-order valence-corrected chi connectivity index (χ2v) is 14.2. The Morgan fingerprint density at radius 1 is 1.10 bits per heavy atom. The summed E-state index contributed by atoms with van der Waals surface area (Å²) < 4.78 is -1.20. The lowest BCUT2D eigenvalue weighted by atomic mass is 9.66. The summed E-state index contributed by atoms with van der Waals surface area (Å²) in [5.74, 6) is -1.63. The van der Waals surface area contributed by atoms with Crippen LogP contribution >= 0.6 is 11.8 Å². The Bertz CT molecular complexity index is 1140. The molecule has 1 aromatic rings. The number of rotatable bonds is 12. The van der Waals surface area contributed by atoms with Gasteiger partial charge >= 0.3 is 0 Å². The highest BCUT2D eigenvalue weighted by Crippen LogP contribution is 2.72. The first-order chi connectivity index (χ1) is 19.0. The zero-order valence-corrected chi connectivity index (χ0v) is 25.4. The highest BCUT2D eigenvalue weighted by Gasteiger charge is 2.78. The van der Waals surface area contributed by atoms with Crippen LogP contribution in [0, 0.1) is 17.8 Å². The summed E-state index contributed by atoms with van der Waals surface area (Å²) in [6.45, 7) is 18.6. The van der Waals surface area contributed by atoms with Gasteiger partial charge in [-0.3, -0.25) is 14.4 Å². The first-order valence-corrected chi connectivity index (χ1v) is 15.3. The van der Waals surface area contributed by atoms with E-state index in [1.807, 2.05) is 58.0 Å². The maximum atomic E-state index is 14.6. The minimum absolute atomic E-state index is 0.0614. The lowest BCUT2D eigenvalue weighted by molar-refractivity contribution is -0.149. The number of carbonyl (C=O) groups excluding carboxylic acids is 3. The molecular weight excluding hydrogens is 522 g/mol. The van der Waals surface area contributed by atoms with Crippen LogP contribution < -0.4 is 0 Å². The van der Waals surface area contributed by atoms with E-state index in [-0.39, 0.29) is 36.3 Å². The van der Waals surface area contributed by atoms with E-state index < -0.39 is 33.4 Å². The number of amides is 3. The largest absolute Gasteiger partial charge is 0.394 e. The van der Waals surface area contributed by atoms with E-state index in [1.165, 1.54) is 0 Å². The first kappa shape index (κ1) is 30.4. The van der Waals surface area contributed by atoms with E-state index in [9.17, 15) is 19.5 Å². The minimum atomic E-state index is -0.751. The number of hydrogen-bond donors (Lipinski definition) is 1. The smallest absolute Gasteiger partial charge is 0.247 e. The monoisotopic (exact) mass is 567 g/mol. The van der Waals surface area contributed by atoms with Crippen molar-refractivity contribution >= 4 is 29.5 Å². The van der Waals surface area contributed by atoms with Crippen LogP contribution in [0.1, 0.15) is 53.0 Å². The van der Waals surface area contributed by atoms with Crippen LogP contribution in [-0.4, -0.2) is 84.8 Å². The Hall–Kier alpha value is -2.58. The average Bonchev–Trinajstić information content (AvgIpc) is 3.48. The molecule has 4 rings (SSSR count). The van der Waals surface area contributed by atoms with Crippen molar-refractivity contribution < 1.29 is 19.5 Å². The Labute approximate surface area is 243 Å². The van der Waals surface area contributed by atoms with Crippen LogP contribution in [0.15, 0.2) is 55.6 Å². The molecule has 3 aliphatic rings. The number of fused-ring (bicyclic) bond motifs is 1. The fourth-order valence-corrected chi connectivity index (χ4v) is 9.57. The molecule has 6 atom stereocenters. The van der Waals surface area contributed by atoms with Gasteiger partial charge in [0.05, 0.1) is 29.2 Å². The van der Waals surface area contributed by atoms with Crippen molar-refractivity contribution in [3.8, 4) is 0 Å². The van der Waals surface area contributed by atoms with Crippen molar-refractivity contribution in [3.05, 3.63) is 61.2 Å². The third kappa shape index (κ3) is 4.91. The van der Waals surface area contributed by atoms with Gasteiger partial charge in [-0.05, 0) is 45.1 Å². The molecular formula is C32H45N3O4S. The Morgan fingerprint density at radius 3 is 2.30 bits per heavy atom. The van der Waals surface area contributed by atoms with Gasteiger partial charge in [-0.15, -0.1) is 24.9 Å². The van der Waals surface area contributed by atoms with E-state index in [4.69, 9.17) is 0 Å². The summed E-state index contributed by atoms with van der Waals surface area (Å²) in [6, 6.07) is 8.48. The molecule has 3 aliphatic heterocycles. The number of carbonyl (C=O) groups is 3. The van der Waals surface area contributed by atoms with Gasteiger partial charge in [-0.1, -0.05) is 56.3 Å². The highest BCUT2D eigenvalue weighted by atomic mass is 32.2. The summed E-state index contributed by atoms with van der Waals surface area (Å²) in [7, 11) is 0. The number of aliphatic hydroxyl groups excluding tert-OH is 1. The lowest BCUT2D eigenvalue weighted by Crippen LogP contribution is -2.59. The number of hydrogen-bond acceptors (Lipinski definition) is 5. The predicted molar refractivity (Wildman–Crippen MR) is 160 cm³/mol.